The Hall–Kier alpha value is -3.14. The molecule has 0 fully saturated rings. The van der Waals surface area contributed by atoms with Crippen molar-refractivity contribution in [3.05, 3.63) is 83.2 Å². The van der Waals surface area contributed by atoms with Crippen molar-refractivity contribution in [2.45, 2.75) is 12.8 Å². The summed E-state index contributed by atoms with van der Waals surface area (Å²) in [6, 6.07) is 20.4. The standard InChI is InChI=1S/C21H18N2O2/c24-19-10-11-22-21(25)20-18(19)13-17(23-20)12-14-6-8-16(9-7-14)15-4-2-1-3-5-15/h1-9,13,23H,10-12H2,(H,22,25). The third-order valence-corrected chi connectivity index (χ3v) is 4.49. The SMILES string of the molecule is O=C1CCNC(=O)c2[nH]c(Cc3ccc(-c4ccccc4)cc3)cc21. The maximum Gasteiger partial charge on any atom is 0.268 e. The highest BCUT2D eigenvalue weighted by molar-refractivity contribution is 6.09. The Labute approximate surface area is 145 Å². The molecule has 2 aromatic carbocycles. The van der Waals surface area contributed by atoms with Crippen molar-refractivity contribution in [1.82, 2.24) is 10.3 Å². The molecule has 0 saturated heterocycles. The number of hydrogen-bond donors (Lipinski definition) is 2. The number of amides is 1. The van der Waals surface area contributed by atoms with Crippen molar-refractivity contribution in [2.24, 2.45) is 0 Å². The maximum atomic E-state index is 12.1. The van der Waals surface area contributed by atoms with Crippen LogP contribution in [0.15, 0.2) is 60.7 Å². The summed E-state index contributed by atoms with van der Waals surface area (Å²) in [5, 5.41) is 2.74. The Morgan fingerprint density at radius 3 is 2.36 bits per heavy atom. The van der Waals surface area contributed by atoms with Gasteiger partial charge in [-0.3, -0.25) is 9.59 Å². The van der Waals surface area contributed by atoms with Crippen LogP contribution in [0.2, 0.25) is 0 Å². The number of aromatic nitrogens is 1. The monoisotopic (exact) mass is 330 g/mol. The number of hydrogen-bond acceptors (Lipinski definition) is 2. The molecule has 1 aliphatic heterocycles. The molecule has 4 nitrogen and oxygen atoms in total. The number of nitrogens with one attached hydrogen (secondary N) is 2. The van der Waals surface area contributed by atoms with Gasteiger partial charge in [0.05, 0.1) is 0 Å². The van der Waals surface area contributed by atoms with Gasteiger partial charge in [-0.05, 0) is 22.8 Å². The lowest BCUT2D eigenvalue weighted by Gasteiger charge is -2.04. The van der Waals surface area contributed by atoms with Crippen LogP contribution < -0.4 is 5.32 Å². The van der Waals surface area contributed by atoms with E-state index in [-0.39, 0.29) is 11.7 Å². The third kappa shape index (κ3) is 3.11. The number of benzene rings is 2. The van der Waals surface area contributed by atoms with Crippen LogP contribution >= 0.6 is 0 Å². The number of carbonyl (C=O) groups is 2. The van der Waals surface area contributed by atoms with Crippen molar-refractivity contribution in [3.63, 3.8) is 0 Å². The summed E-state index contributed by atoms with van der Waals surface area (Å²) in [4.78, 5) is 27.2. The van der Waals surface area contributed by atoms with Gasteiger partial charge >= 0.3 is 0 Å². The molecule has 1 aliphatic rings. The molecule has 0 bridgehead atoms. The van der Waals surface area contributed by atoms with Gasteiger partial charge in [0.25, 0.3) is 5.91 Å². The number of fused-ring (bicyclic) bond motifs is 1. The average Bonchev–Trinajstić information content (AvgIpc) is 3.02. The zero-order valence-corrected chi connectivity index (χ0v) is 13.7. The highest BCUT2D eigenvalue weighted by Crippen LogP contribution is 2.22. The third-order valence-electron chi connectivity index (χ3n) is 4.49. The van der Waals surface area contributed by atoms with E-state index >= 15 is 0 Å². The van der Waals surface area contributed by atoms with Crippen LogP contribution in [-0.4, -0.2) is 23.2 Å². The molecule has 1 amide bonds. The molecule has 2 N–H and O–H groups in total. The van der Waals surface area contributed by atoms with E-state index in [4.69, 9.17) is 0 Å². The fourth-order valence-electron chi connectivity index (χ4n) is 3.18. The fraction of sp³-hybridized carbons (Fsp3) is 0.143. The summed E-state index contributed by atoms with van der Waals surface area (Å²) >= 11 is 0. The number of rotatable bonds is 3. The first-order valence-corrected chi connectivity index (χ1v) is 8.38. The van der Waals surface area contributed by atoms with Gasteiger partial charge in [-0.2, -0.15) is 0 Å². The Morgan fingerprint density at radius 2 is 1.60 bits per heavy atom. The van der Waals surface area contributed by atoms with E-state index in [2.05, 4.69) is 46.7 Å². The molecular weight excluding hydrogens is 312 g/mol. The Morgan fingerprint density at radius 1 is 0.880 bits per heavy atom. The first-order chi connectivity index (χ1) is 12.2. The van der Waals surface area contributed by atoms with Gasteiger partial charge in [0.1, 0.15) is 5.69 Å². The molecule has 1 aromatic heterocycles. The van der Waals surface area contributed by atoms with Crippen LogP contribution in [0.25, 0.3) is 11.1 Å². The Bertz CT molecular complexity index is 891. The minimum absolute atomic E-state index is 0.00951. The summed E-state index contributed by atoms with van der Waals surface area (Å²) in [6.45, 7) is 0.399. The number of carbonyl (C=O) groups excluding carboxylic acids is 2. The van der Waals surface area contributed by atoms with Gasteiger partial charge in [-0.25, -0.2) is 0 Å². The largest absolute Gasteiger partial charge is 0.354 e. The second-order valence-electron chi connectivity index (χ2n) is 6.25. The second kappa shape index (κ2) is 6.40. The average molecular weight is 330 g/mol. The first kappa shape index (κ1) is 15.4. The Balaban J connectivity index is 1.57. The molecule has 3 aromatic rings. The van der Waals surface area contributed by atoms with Gasteiger partial charge in [0, 0.05) is 30.6 Å². The van der Waals surface area contributed by atoms with E-state index in [1.165, 1.54) is 11.1 Å². The van der Waals surface area contributed by atoms with Crippen LogP contribution in [0.4, 0.5) is 0 Å². The van der Waals surface area contributed by atoms with E-state index in [9.17, 15) is 9.59 Å². The molecule has 4 rings (SSSR count). The van der Waals surface area contributed by atoms with Crippen LogP contribution in [0, 0.1) is 0 Å². The van der Waals surface area contributed by atoms with E-state index in [0.717, 1.165) is 11.3 Å². The zero-order chi connectivity index (χ0) is 17.2. The van der Waals surface area contributed by atoms with Crippen LogP contribution in [0.1, 0.15) is 38.5 Å². The normalized spacial score (nSPS) is 13.9. The van der Waals surface area contributed by atoms with Gasteiger partial charge in [0.2, 0.25) is 0 Å². The van der Waals surface area contributed by atoms with Crippen LogP contribution in [-0.2, 0) is 6.42 Å². The summed E-state index contributed by atoms with van der Waals surface area (Å²) in [7, 11) is 0. The minimum Gasteiger partial charge on any atom is -0.354 e. The van der Waals surface area contributed by atoms with Crippen molar-refractivity contribution in [1.29, 1.82) is 0 Å². The number of aromatic amines is 1. The van der Waals surface area contributed by atoms with E-state index in [0.29, 0.717) is 30.6 Å². The maximum absolute atomic E-state index is 12.1. The summed E-state index contributed by atoms with van der Waals surface area (Å²) in [5.41, 5.74) is 5.25. The van der Waals surface area contributed by atoms with Crippen molar-refractivity contribution < 1.29 is 9.59 Å². The molecule has 124 valence electrons. The summed E-state index contributed by atoms with van der Waals surface area (Å²) < 4.78 is 0. The second-order valence-corrected chi connectivity index (χ2v) is 6.25. The number of H-pyrrole nitrogens is 1. The quantitative estimate of drug-likeness (QED) is 0.771. The molecule has 25 heavy (non-hydrogen) atoms. The topological polar surface area (TPSA) is 62.0 Å². The lowest BCUT2D eigenvalue weighted by molar-refractivity contribution is 0.0951. The fourth-order valence-corrected chi connectivity index (χ4v) is 3.18. The van der Waals surface area contributed by atoms with Crippen LogP contribution in [0.5, 0.6) is 0 Å². The molecule has 0 atom stereocenters. The molecule has 0 aliphatic carbocycles. The highest BCUT2D eigenvalue weighted by Gasteiger charge is 2.23. The smallest absolute Gasteiger partial charge is 0.268 e. The van der Waals surface area contributed by atoms with Gasteiger partial charge in [0.15, 0.2) is 5.78 Å². The minimum atomic E-state index is -0.202. The number of Topliss-reactive ketones (excluding diaryl/α,β-unsaturated/α-hetero) is 1. The lowest BCUT2D eigenvalue weighted by atomic mass is 10.0. The highest BCUT2D eigenvalue weighted by atomic mass is 16.2. The van der Waals surface area contributed by atoms with Gasteiger partial charge in [-0.15, -0.1) is 0 Å². The van der Waals surface area contributed by atoms with Crippen molar-refractivity contribution in [3.8, 4) is 11.1 Å². The van der Waals surface area contributed by atoms with E-state index in [1.54, 1.807) is 0 Å². The molecule has 0 spiro atoms. The molecule has 0 unspecified atom stereocenters. The molecule has 0 radical (unpaired) electrons. The van der Waals surface area contributed by atoms with Crippen molar-refractivity contribution in [2.75, 3.05) is 6.54 Å². The summed E-state index contributed by atoms with van der Waals surface area (Å²) in [6.07, 6.45) is 1.00. The first-order valence-electron chi connectivity index (χ1n) is 8.38. The van der Waals surface area contributed by atoms with Gasteiger partial charge < -0.3 is 10.3 Å². The number of ketones is 1. The molecule has 4 heteroatoms. The Kier molecular flexibility index (Phi) is 3.94. The lowest BCUT2D eigenvalue weighted by Crippen LogP contribution is -2.23. The predicted octanol–water partition coefficient (Wildman–Crippen LogP) is 3.59. The van der Waals surface area contributed by atoms with E-state index < -0.39 is 0 Å². The summed E-state index contributed by atoms with van der Waals surface area (Å²) in [5.74, 6) is -0.193. The zero-order valence-electron chi connectivity index (χ0n) is 13.7. The molecular formula is C21H18N2O2. The van der Waals surface area contributed by atoms with Crippen LogP contribution in [0.3, 0.4) is 0 Å². The van der Waals surface area contributed by atoms with E-state index in [1.807, 2.05) is 24.3 Å². The predicted molar refractivity (Wildman–Crippen MR) is 96.8 cm³/mol. The molecule has 0 saturated carbocycles. The molecule has 2 heterocycles. The van der Waals surface area contributed by atoms with Gasteiger partial charge in [-0.1, -0.05) is 54.6 Å². The van der Waals surface area contributed by atoms with Crippen molar-refractivity contribution >= 4 is 11.7 Å².